The number of aryl methyl sites for hydroxylation is 1. The van der Waals surface area contributed by atoms with Gasteiger partial charge in [0.25, 0.3) is 23.6 Å². The highest BCUT2D eigenvalue weighted by molar-refractivity contribution is 6.33. The van der Waals surface area contributed by atoms with Crippen molar-refractivity contribution in [2.45, 2.75) is 37.3 Å². The number of nitrogens with zero attached hydrogens (tertiary/aromatic N) is 4. The molecule has 0 spiro atoms. The van der Waals surface area contributed by atoms with E-state index >= 15 is 4.79 Å². The number of anilines is 2. The third kappa shape index (κ3) is 5.63. The number of aromatic nitrogens is 1. The maximum absolute atomic E-state index is 15.2. The van der Waals surface area contributed by atoms with Crippen molar-refractivity contribution in [3.8, 4) is 5.75 Å². The Balaban J connectivity index is 1.28. The van der Waals surface area contributed by atoms with E-state index < -0.39 is 82.1 Å². The number of phenolic OH excluding ortho intramolecular Hbond substituents is 1. The summed E-state index contributed by atoms with van der Waals surface area (Å²) < 4.78 is 54.9. The van der Waals surface area contributed by atoms with Crippen LogP contribution in [0.1, 0.15) is 41.1 Å². The van der Waals surface area contributed by atoms with Crippen LogP contribution in [0.2, 0.25) is 10.0 Å². The molecule has 0 bridgehead atoms. The number of fused-ring (bicyclic) bond motifs is 4. The van der Waals surface area contributed by atoms with Crippen molar-refractivity contribution < 1.29 is 41.8 Å². The molecular weight excluding hydrogens is 777 g/mol. The third-order valence-corrected chi connectivity index (χ3v) is 12.1. The first-order valence-corrected chi connectivity index (χ1v) is 18.3. The predicted molar refractivity (Wildman–Crippen MR) is 196 cm³/mol. The minimum absolute atomic E-state index is 0.0126. The Morgan fingerprint density at radius 2 is 1.61 bits per heavy atom. The Morgan fingerprint density at radius 3 is 2.27 bits per heavy atom. The first-order chi connectivity index (χ1) is 26.5. The van der Waals surface area contributed by atoms with Crippen molar-refractivity contribution in [2.75, 3.05) is 17.5 Å². The summed E-state index contributed by atoms with van der Waals surface area (Å²) in [4.78, 5) is 62.4. The second-order valence-electron chi connectivity index (χ2n) is 14.4. The SMILES string of the molecule is Cc1cc([C@H]2C3=CC[C@@H]4C(=O)N(N(C)c5nc(C(F)(F)F)ccc5Cl)C(=O)[C@@H]4[C@@H]3C[C@H]3C(=O)N(Nc4ccc(F)cc4)C(=O)[C@@]23c2ccc(Cl)cc2)ccc1O. The van der Waals surface area contributed by atoms with Crippen LogP contribution in [0.5, 0.6) is 5.75 Å². The molecule has 1 aromatic heterocycles. The maximum atomic E-state index is 15.2. The number of allylic oxidation sites excluding steroid dienone is 2. The average Bonchev–Trinajstić information content (AvgIpc) is 3.54. The second-order valence-corrected chi connectivity index (χ2v) is 15.3. The topological polar surface area (TPSA) is 123 Å². The van der Waals surface area contributed by atoms with Gasteiger partial charge in [0.05, 0.1) is 33.9 Å². The number of aromatic hydroxyl groups is 1. The summed E-state index contributed by atoms with van der Waals surface area (Å²) in [7, 11) is 1.22. The molecule has 4 aromatic rings. The highest BCUT2D eigenvalue weighted by Gasteiger charge is 2.70. The zero-order valence-corrected chi connectivity index (χ0v) is 31.0. The third-order valence-electron chi connectivity index (χ3n) is 11.5. The molecule has 56 heavy (non-hydrogen) atoms. The fourth-order valence-corrected chi connectivity index (χ4v) is 9.43. The molecule has 288 valence electrons. The normalized spacial score (nSPS) is 25.9. The molecule has 16 heteroatoms. The lowest BCUT2D eigenvalue weighted by atomic mass is 9.49. The van der Waals surface area contributed by atoms with Gasteiger partial charge in [0.2, 0.25) is 0 Å². The number of phenols is 1. The Bertz CT molecular complexity index is 2360. The molecule has 2 N–H and O–H groups in total. The number of hydrazine groups is 2. The summed E-state index contributed by atoms with van der Waals surface area (Å²) >= 11 is 12.6. The van der Waals surface area contributed by atoms with E-state index in [9.17, 15) is 37.1 Å². The number of nitrogens with one attached hydrogen (secondary N) is 1. The maximum Gasteiger partial charge on any atom is 0.433 e. The predicted octanol–water partition coefficient (Wildman–Crippen LogP) is 7.60. The van der Waals surface area contributed by atoms with Crippen LogP contribution in [0.25, 0.3) is 0 Å². The van der Waals surface area contributed by atoms with E-state index in [1.165, 1.54) is 37.4 Å². The number of alkyl halides is 3. The molecule has 0 radical (unpaired) electrons. The molecule has 2 saturated heterocycles. The molecule has 3 heterocycles. The van der Waals surface area contributed by atoms with Crippen molar-refractivity contribution in [1.29, 1.82) is 0 Å². The largest absolute Gasteiger partial charge is 0.508 e. The summed E-state index contributed by atoms with van der Waals surface area (Å²) in [6, 6.07) is 18.1. The van der Waals surface area contributed by atoms with Gasteiger partial charge in [0.15, 0.2) is 5.82 Å². The van der Waals surface area contributed by atoms with Crippen LogP contribution in [-0.4, -0.2) is 50.8 Å². The minimum atomic E-state index is -4.84. The van der Waals surface area contributed by atoms with E-state index in [-0.39, 0.29) is 29.3 Å². The van der Waals surface area contributed by atoms with Gasteiger partial charge in [-0.15, -0.1) is 0 Å². The van der Waals surface area contributed by atoms with E-state index in [0.29, 0.717) is 33.4 Å². The van der Waals surface area contributed by atoms with Crippen LogP contribution in [0.15, 0.2) is 90.5 Å². The molecule has 8 rings (SSSR count). The number of carbonyl (C=O) groups excluding carboxylic acids is 4. The monoisotopic (exact) mass is 807 g/mol. The average molecular weight is 809 g/mol. The number of rotatable bonds is 6. The van der Waals surface area contributed by atoms with Gasteiger partial charge in [-0.05, 0) is 97.0 Å². The second kappa shape index (κ2) is 13.3. The number of hydrogen-bond donors (Lipinski definition) is 2. The molecule has 0 unspecified atom stereocenters. The molecule has 3 aromatic carbocycles. The number of imide groups is 2. The van der Waals surface area contributed by atoms with Crippen molar-refractivity contribution in [1.82, 2.24) is 15.0 Å². The van der Waals surface area contributed by atoms with Crippen molar-refractivity contribution >= 4 is 58.3 Å². The number of carbonyl (C=O) groups is 4. The van der Waals surface area contributed by atoms with E-state index in [2.05, 4.69) is 10.4 Å². The lowest BCUT2D eigenvalue weighted by molar-refractivity contribution is -0.142. The van der Waals surface area contributed by atoms with E-state index in [1.54, 1.807) is 43.3 Å². The standard InChI is InChI=1S/C40H31Cl2F4N5O5/c1-19-17-20(3-15-30(19)52)33-25-12-13-26-32(37(55)51(35(26)53)49(2)34-29(42)14-16-31(47-34)40(44,45)46)27(25)18-28-36(54)50(48-24-10-8-23(43)9-11-24)38(56)39(28,33)21-4-6-22(41)7-5-21/h3-12,14-17,26-28,32-33,48,52H,13,18H2,1-2H3/t26-,27+,28-,32-,33-,39+/m0/s1. The summed E-state index contributed by atoms with van der Waals surface area (Å²) in [5.41, 5.74) is 2.28. The van der Waals surface area contributed by atoms with Gasteiger partial charge in [0.1, 0.15) is 17.3 Å². The number of amides is 4. The number of benzene rings is 3. The van der Waals surface area contributed by atoms with Crippen LogP contribution in [0.3, 0.4) is 0 Å². The van der Waals surface area contributed by atoms with E-state index in [4.69, 9.17) is 23.2 Å². The lowest BCUT2D eigenvalue weighted by Gasteiger charge is -2.50. The molecule has 4 amide bonds. The molecule has 2 aliphatic carbocycles. The summed E-state index contributed by atoms with van der Waals surface area (Å²) in [6.07, 6.45) is -3.07. The van der Waals surface area contributed by atoms with Gasteiger partial charge in [0, 0.05) is 18.0 Å². The highest BCUT2D eigenvalue weighted by Crippen LogP contribution is 2.64. The van der Waals surface area contributed by atoms with Gasteiger partial charge in [-0.2, -0.15) is 23.2 Å². The Kier molecular flexibility index (Phi) is 8.92. The number of halogens is 6. The van der Waals surface area contributed by atoms with Gasteiger partial charge in [-0.25, -0.2) is 9.37 Å². The number of hydrogen-bond acceptors (Lipinski definition) is 8. The Morgan fingerprint density at radius 1 is 0.911 bits per heavy atom. The van der Waals surface area contributed by atoms with E-state index in [0.717, 1.165) is 21.1 Å². The summed E-state index contributed by atoms with van der Waals surface area (Å²) in [5.74, 6) is -8.61. The molecule has 2 aliphatic heterocycles. The minimum Gasteiger partial charge on any atom is -0.508 e. The van der Waals surface area contributed by atoms with Crippen LogP contribution in [0, 0.1) is 36.4 Å². The highest BCUT2D eigenvalue weighted by atomic mass is 35.5. The Hall–Kier alpha value is -5.47. The zero-order chi connectivity index (χ0) is 40.0. The van der Waals surface area contributed by atoms with Crippen molar-refractivity contribution in [3.63, 3.8) is 0 Å². The molecule has 1 saturated carbocycles. The van der Waals surface area contributed by atoms with Crippen LogP contribution < -0.4 is 10.4 Å². The van der Waals surface area contributed by atoms with Crippen molar-refractivity contribution in [3.05, 3.63) is 129 Å². The van der Waals surface area contributed by atoms with Crippen LogP contribution >= 0.6 is 23.2 Å². The zero-order valence-electron chi connectivity index (χ0n) is 29.5. The summed E-state index contributed by atoms with van der Waals surface area (Å²) in [6.45, 7) is 1.68. The van der Waals surface area contributed by atoms with Crippen molar-refractivity contribution in [2.24, 2.45) is 23.7 Å². The first kappa shape index (κ1) is 37.5. The Labute approximate surface area is 327 Å². The summed E-state index contributed by atoms with van der Waals surface area (Å²) in [5, 5.41) is 13.3. The first-order valence-electron chi connectivity index (χ1n) is 17.5. The molecular formula is C40H31Cl2F4N5O5. The molecule has 6 atom stereocenters. The van der Waals surface area contributed by atoms with Gasteiger partial charge < -0.3 is 5.11 Å². The molecule has 10 nitrogen and oxygen atoms in total. The smallest absolute Gasteiger partial charge is 0.433 e. The van der Waals surface area contributed by atoms with Crippen LogP contribution in [0.4, 0.5) is 29.1 Å². The van der Waals surface area contributed by atoms with Gasteiger partial charge >= 0.3 is 6.18 Å². The van der Waals surface area contributed by atoms with E-state index in [1.807, 2.05) is 6.08 Å². The fourth-order valence-electron chi connectivity index (χ4n) is 9.08. The lowest BCUT2D eigenvalue weighted by Crippen LogP contribution is -2.53. The van der Waals surface area contributed by atoms with Gasteiger partial charge in [-0.3, -0.25) is 29.6 Å². The quantitative estimate of drug-likeness (QED) is 0.116. The van der Waals surface area contributed by atoms with Crippen LogP contribution in [-0.2, 0) is 30.8 Å². The number of pyridine rings is 1. The molecule has 4 aliphatic rings. The fraction of sp³-hybridized carbons (Fsp3) is 0.275. The molecule has 3 fully saturated rings. The van der Waals surface area contributed by atoms with Gasteiger partial charge in [-0.1, -0.05) is 59.1 Å².